The highest BCUT2D eigenvalue weighted by Crippen LogP contribution is 2.20. The van der Waals surface area contributed by atoms with Gasteiger partial charge < -0.3 is 9.09 Å². The van der Waals surface area contributed by atoms with Crippen molar-refractivity contribution in [2.75, 3.05) is 0 Å². The molecule has 4 rings (SSSR count). The van der Waals surface area contributed by atoms with Gasteiger partial charge >= 0.3 is 0 Å². The fourth-order valence-corrected chi connectivity index (χ4v) is 2.87. The van der Waals surface area contributed by atoms with Crippen LogP contribution in [0.1, 0.15) is 22.8 Å². The molecule has 4 nitrogen and oxygen atoms in total. The Morgan fingerprint density at radius 1 is 1.00 bits per heavy atom. The van der Waals surface area contributed by atoms with E-state index in [1.807, 2.05) is 31.2 Å². The molecule has 0 fully saturated rings. The van der Waals surface area contributed by atoms with Gasteiger partial charge in [-0.2, -0.15) is 0 Å². The zero-order chi connectivity index (χ0) is 15.6. The second kappa shape index (κ2) is 5.72. The van der Waals surface area contributed by atoms with Crippen LogP contribution in [0.5, 0.6) is 0 Å². The first-order valence-electron chi connectivity index (χ1n) is 7.70. The van der Waals surface area contributed by atoms with Crippen molar-refractivity contribution in [3.63, 3.8) is 0 Å². The lowest BCUT2D eigenvalue weighted by Gasteiger charge is -2.08. The summed E-state index contributed by atoms with van der Waals surface area (Å²) >= 11 is 0. The predicted octanol–water partition coefficient (Wildman–Crippen LogP) is 3.97. The molecule has 0 saturated heterocycles. The number of fused-ring (bicyclic) bond motifs is 1. The summed E-state index contributed by atoms with van der Waals surface area (Å²) in [4.78, 5) is 4.79. The zero-order valence-corrected chi connectivity index (χ0v) is 12.9. The molecule has 0 saturated carbocycles. The smallest absolute Gasteiger partial charge is 0.133 e. The topological polar surface area (TPSA) is 43.9 Å². The van der Waals surface area contributed by atoms with E-state index in [1.165, 1.54) is 5.56 Å². The number of nitrogens with zero attached hydrogens (tertiary/aromatic N) is 3. The Morgan fingerprint density at radius 3 is 2.57 bits per heavy atom. The third-order valence-electron chi connectivity index (χ3n) is 3.93. The minimum atomic E-state index is 0.666. The molecule has 2 aromatic heterocycles. The van der Waals surface area contributed by atoms with E-state index in [9.17, 15) is 0 Å². The molecule has 2 aromatic carbocycles. The summed E-state index contributed by atoms with van der Waals surface area (Å²) in [6.07, 6.45) is 0.666. The highest BCUT2D eigenvalue weighted by atomic mass is 16.5. The van der Waals surface area contributed by atoms with E-state index in [0.29, 0.717) is 6.42 Å². The van der Waals surface area contributed by atoms with E-state index in [-0.39, 0.29) is 0 Å². The molecule has 0 atom stereocenters. The lowest BCUT2D eigenvalue weighted by Crippen LogP contribution is -2.06. The SMILES string of the molecule is Cc1cc(Cc2nc3ccccc3n2Cc2ccccc2)no1. The van der Waals surface area contributed by atoms with Gasteiger partial charge in [-0.25, -0.2) is 4.98 Å². The van der Waals surface area contributed by atoms with Crippen molar-refractivity contribution in [3.8, 4) is 0 Å². The Balaban J connectivity index is 1.78. The molecule has 0 aliphatic carbocycles. The standard InChI is InChI=1S/C19H17N3O/c1-14-11-16(21-23-14)12-19-20-17-9-5-6-10-18(17)22(19)13-15-7-3-2-4-8-15/h2-11H,12-13H2,1H3. The van der Waals surface area contributed by atoms with Crippen LogP contribution in [0.25, 0.3) is 11.0 Å². The fourth-order valence-electron chi connectivity index (χ4n) is 2.87. The van der Waals surface area contributed by atoms with E-state index >= 15 is 0 Å². The van der Waals surface area contributed by atoms with Crippen molar-refractivity contribution in [1.82, 2.24) is 14.7 Å². The van der Waals surface area contributed by atoms with E-state index < -0.39 is 0 Å². The average Bonchev–Trinajstić information content (AvgIpc) is 3.13. The Kier molecular flexibility index (Phi) is 3.42. The predicted molar refractivity (Wildman–Crippen MR) is 89.3 cm³/mol. The quantitative estimate of drug-likeness (QED) is 0.573. The fraction of sp³-hybridized carbons (Fsp3) is 0.158. The maximum absolute atomic E-state index is 5.18. The summed E-state index contributed by atoms with van der Waals surface area (Å²) in [5.74, 6) is 1.83. The maximum Gasteiger partial charge on any atom is 0.133 e. The second-order valence-corrected chi connectivity index (χ2v) is 5.69. The van der Waals surface area contributed by atoms with Crippen LogP contribution in [0.3, 0.4) is 0 Å². The van der Waals surface area contributed by atoms with E-state index in [1.54, 1.807) is 0 Å². The summed E-state index contributed by atoms with van der Waals surface area (Å²) in [6, 6.07) is 20.6. The van der Waals surface area contributed by atoms with Gasteiger partial charge in [-0.15, -0.1) is 0 Å². The van der Waals surface area contributed by atoms with Gasteiger partial charge in [0.25, 0.3) is 0 Å². The monoisotopic (exact) mass is 303 g/mol. The Bertz CT molecular complexity index is 938. The molecule has 0 unspecified atom stereocenters. The number of benzene rings is 2. The van der Waals surface area contributed by atoms with Crippen LogP contribution in [0.15, 0.2) is 65.2 Å². The van der Waals surface area contributed by atoms with Gasteiger partial charge in [0.15, 0.2) is 0 Å². The molecular weight excluding hydrogens is 286 g/mol. The van der Waals surface area contributed by atoms with Crippen LogP contribution in [0, 0.1) is 6.92 Å². The van der Waals surface area contributed by atoms with E-state index in [0.717, 1.165) is 34.9 Å². The van der Waals surface area contributed by atoms with Crippen molar-refractivity contribution < 1.29 is 4.52 Å². The lowest BCUT2D eigenvalue weighted by atomic mass is 10.2. The molecule has 23 heavy (non-hydrogen) atoms. The van der Waals surface area contributed by atoms with Gasteiger partial charge in [0, 0.05) is 12.6 Å². The van der Waals surface area contributed by atoms with E-state index in [2.05, 4.69) is 46.1 Å². The largest absolute Gasteiger partial charge is 0.361 e. The van der Waals surface area contributed by atoms with Crippen LogP contribution >= 0.6 is 0 Å². The van der Waals surface area contributed by atoms with Gasteiger partial charge in [-0.1, -0.05) is 47.6 Å². The number of hydrogen-bond acceptors (Lipinski definition) is 3. The third-order valence-corrected chi connectivity index (χ3v) is 3.93. The number of rotatable bonds is 4. The number of imidazole rings is 1. The normalized spacial score (nSPS) is 11.2. The van der Waals surface area contributed by atoms with Crippen molar-refractivity contribution in [2.24, 2.45) is 0 Å². The van der Waals surface area contributed by atoms with Crippen LogP contribution < -0.4 is 0 Å². The van der Waals surface area contributed by atoms with Gasteiger partial charge in [-0.05, 0) is 24.6 Å². The van der Waals surface area contributed by atoms with Crippen LogP contribution in [0.2, 0.25) is 0 Å². The van der Waals surface area contributed by atoms with Crippen LogP contribution in [-0.2, 0) is 13.0 Å². The van der Waals surface area contributed by atoms with Crippen molar-refractivity contribution in [3.05, 3.63) is 83.5 Å². The molecule has 0 bridgehead atoms. The van der Waals surface area contributed by atoms with Crippen molar-refractivity contribution in [2.45, 2.75) is 19.9 Å². The molecule has 0 aliphatic rings. The molecule has 4 heteroatoms. The Labute approximate surface area is 134 Å². The summed E-state index contributed by atoms with van der Waals surface area (Å²) in [7, 11) is 0. The first kappa shape index (κ1) is 13.8. The van der Waals surface area contributed by atoms with Gasteiger partial charge in [0.1, 0.15) is 11.6 Å². The number of aryl methyl sites for hydroxylation is 1. The molecule has 0 radical (unpaired) electrons. The van der Waals surface area contributed by atoms with Crippen LogP contribution in [-0.4, -0.2) is 14.7 Å². The minimum absolute atomic E-state index is 0.666. The molecule has 0 aliphatic heterocycles. The van der Waals surface area contributed by atoms with Crippen molar-refractivity contribution >= 4 is 11.0 Å². The molecule has 0 amide bonds. The first-order valence-corrected chi connectivity index (χ1v) is 7.70. The molecular formula is C19H17N3O. The molecule has 0 N–H and O–H groups in total. The molecule has 114 valence electrons. The highest BCUT2D eigenvalue weighted by Gasteiger charge is 2.13. The van der Waals surface area contributed by atoms with Crippen LogP contribution in [0.4, 0.5) is 0 Å². The maximum atomic E-state index is 5.18. The van der Waals surface area contributed by atoms with Gasteiger partial charge in [-0.3, -0.25) is 0 Å². The average molecular weight is 303 g/mol. The minimum Gasteiger partial charge on any atom is -0.361 e. The Morgan fingerprint density at radius 2 is 1.78 bits per heavy atom. The lowest BCUT2D eigenvalue weighted by molar-refractivity contribution is 0.391. The summed E-state index contributed by atoms with van der Waals surface area (Å²) in [6.45, 7) is 2.71. The van der Waals surface area contributed by atoms with Gasteiger partial charge in [0.2, 0.25) is 0 Å². The molecule has 4 aromatic rings. The zero-order valence-electron chi connectivity index (χ0n) is 12.9. The van der Waals surface area contributed by atoms with E-state index in [4.69, 9.17) is 9.51 Å². The number of para-hydroxylation sites is 2. The first-order chi connectivity index (χ1) is 11.3. The van der Waals surface area contributed by atoms with Gasteiger partial charge in [0.05, 0.1) is 23.1 Å². The number of hydrogen-bond donors (Lipinski definition) is 0. The Hall–Kier alpha value is -2.88. The van der Waals surface area contributed by atoms with Crippen molar-refractivity contribution in [1.29, 1.82) is 0 Å². The summed E-state index contributed by atoms with van der Waals surface area (Å²) < 4.78 is 7.44. The summed E-state index contributed by atoms with van der Waals surface area (Å²) in [5, 5.41) is 4.10. The second-order valence-electron chi connectivity index (χ2n) is 5.69. The highest BCUT2D eigenvalue weighted by molar-refractivity contribution is 5.76. The molecule has 0 spiro atoms. The summed E-state index contributed by atoms with van der Waals surface area (Å²) in [5.41, 5.74) is 4.32. The molecule has 2 heterocycles. The number of aromatic nitrogens is 3. The third kappa shape index (κ3) is 2.75.